The van der Waals surface area contributed by atoms with Gasteiger partial charge in [0.15, 0.2) is 6.29 Å². The standard InChI is InChI=1S/C22H31F3O8S/c1-14(2)18(26)31-5-4-30-15(3)32-12-20-7-16-6-17(8-20)10-21(9-16,11-20)13-33-19(27)22(23,24)34(25,28)29/h15-17H,1,4-13H2,2-3H3. The van der Waals surface area contributed by atoms with Gasteiger partial charge in [-0.25, -0.2) is 9.59 Å². The van der Waals surface area contributed by atoms with Gasteiger partial charge < -0.3 is 18.9 Å². The van der Waals surface area contributed by atoms with Crippen LogP contribution >= 0.6 is 0 Å². The van der Waals surface area contributed by atoms with E-state index < -0.39 is 39.1 Å². The summed E-state index contributed by atoms with van der Waals surface area (Å²) < 4.78 is 82.0. The Morgan fingerprint density at radius 2 is 1.59 bits per heavy atom. The average molecular weight is 513 g/mol. The zero-order chi connectivity index (χ0) is 25.4. The second-order valence-corrected chi connectivity index (χ2v) is 11.5. The smallest absolute Gasteiger partial charge is 0.460 e. The van der Waals surface area contributed by atoms with Gasteiger partial charge in [-0.2, -0.15) is 17.2 Å². The zero-order valence-corrected chi connectivity index (χ0v) is 20.1. The maximum absolute atomic E-state index is 13.5. The molecular weight excluding hydrogens is 481 g/mol. The van der Waals surface area contributed by atoms with Crippen LogP contribution in [0.25, 0.3) is 0 Å². The fraction of sp³-hybridized carbons (Fsp3) is 0.818. The molecule has 0 aromatic rings. The van der Waals surface area contributed by atoms with E-state index in [1.165, 1.54) is 0 Å². The predicted molar refractivity (Wildman–Crippen MR) is 113 cm³/mol. The first-order chi connectivity index (χ1) is 15.7. The Morgan fingerprint density at radius 3 is 2.12 bits per heavy atom. The van der Waals surface area contributed by atoms with Crippen LogP contribution in [-0.4, -0.2) is 58.3 Å². The summed E-state index contributed by atoms with van der Waals surface area (Å²) in [5.74, 6) is -2.26. The Kier molecular flexibility index (Phi) is 7.74. The second-order valence-electron chi connectivity index (χ2n) is 10.2. The lowest BCUT2D eigenvalue weighted by molar-refractivity contribution is -0.206. The number of halogens is 3. The molecule has 0 aromatic heterocycles. The molecule has 4 rings (SSSR count). The van der Waals surface area contributed by atoms with E-state index in [1.807, 2.05) is 0 Å². The Morgan fingerprint density at radius 1 is 1.03 bits per heavy atom. The molecule has 4 aliphatic carbocycles. The first kappa shape index (κ1) is 26.9. The molecule has 0 aromatic carbocycles. The van der Waals surface area contributed by atoms with E-state index in [-0.39, 0.29) is 25.2 Å². The van der Waals surface area contributed by atoms with E-state index in [0.717, 1.165) is 19.3 Å². The molecule has 194 valence electrons. The van der Waals surface area contributed by atoms with Crippen molar-refractivity contribution in [3.05, 3.63) is 12.2 Å². The van der Waals surface area contributed by atoms with Crippen LogP contribution in [0.4, 0.5) is 12.7 Å². The van der Waals surface area contributed by atoms with E-state index in [0.29, 0.717) is 43.3 Å². The lowest BCUT2D eigenvalue weighted by Crippen LogP contribution is -2.55. The molecule has 0 aliphatic heterocycles. The summed E-state index contributed by atoms with van der Waals surface area (Å²) in [6, 6.07) is 0. The lowest BCUT2D eigenvalue weighted by atomic mass is 9.44. The average Bonchev–Trinajstić information content (AvgIpc) is 2.71. The molecule has 4 aliphatic rings. The van der Waals surface area contributed by atoms with E-state index >= 15 is 0 Å². The Bertz CT molecular complexity index is 905. The lowest BCUT2D eigenvalue weighted by Gasteiger charge is -2.61. The highest BCUT2D eigenvalue weighted by atomic mass is 32.3. The molecule has 0 spiro atoms. The van der Waals surface area contributed by atoms with Gasteiger partial charge in [0, 0.05) is 11.0 Å². The number of esters is 2. The molecule has 0 amide bonds. The van der Waals surface area contributed by atoms with Crippen LogP contribution in [0.2, 0.25) is 0 Å². The number of hydrogen-bond donors (Lipinski definition) is 0. The molecule has 12 heteroatoms. The van der Waals surface area contributed by atoms with E-state index in [9.17, 15) is 30.7 Å². The van der Waals surface area contributed by atoms with Crippen molar-refractivity contribution in [1.82, 2.24) is 0 Å². The summed E-state index contributed by atoms with van der Waals surface area (Å²) in [5.41, 5.74) is -0.518. The van der Waals surface area contributed by atoms with Crippen molar-refractivity contribution < 1.29 is 49.6 Å². The molecular formula is C22H31F3O8S. The van der Waals surface area contributed by atoms with E-state index in [1.54, 1.807) is 13.8 Å². The third-order valence-corrected chi connectivity index (χ3v) is 7.78. The first-order valence-corrected chi connectivity index (χ1v) is 12.6. The highest BCUT2D eigenvalue weighted by molar-refractivity contribution is 7.88. The number of alkyl halides is 2. The molecule has 4 bridgehead atoms. The van der Waals surface area contributed by atoms with Gasteiger partial charge in [0.05, 0.1) is 19.8 Å². The minimum atomic E-state index is -6.40. The van der Waals surface area contributed by atoms with Gasteiger partial charge in [-0.05, 0) is 69.6 Å². The van der Waals surface area contributed by atoms with Crippen LogP contribution < -0.4 is 0 Å². The third-order valence-electron chi connectivity index (χ3n) is 7.00. The van der Waals surface area contributed by atoms with E-state index in [4.69, 9.17) is 14.2 Å². The number of rotatable bonds is 12. The van der Waals surface area contributed by atoms with Crippen molar-refractivity contribution in [3.8, 4) is 0 Å². The maximum atomic E-state index is 13.5. The molecule has 0 N–H and O–H groups in total. The molecule has 3 atom stereocenters. The Labute approximate surface area is 197 Å². The van der Waals surface area contributed by atoms with Crippen molar-refractivity contribution >= 4 is 22.2 Å². The van der Waals surface area contributed by atoms with Gasteiger partial charge in [0.25, 0.3) is 0 Å². The fourth-order valence-corrected chi connectivity index (χ4v) is 6.46. The number of ether oxygens (including phenoxy) is 4. The summed E-state index contributed by atoms with van der Waals surface area (Å²) in [6.07, 6.45) is 4.11. The number of carbonyl (C=O) groups excluding carboxylic acids is 2. The maximum Gasteiger partial charge on any atom is 0.470 e. The molecule has 0 saturated heterocycles. The van der Waals surface area contributed by atoms with Crippen LogP contribution in [0.15, 0.2) is 12.2 Å². The summed E-state index contributed by atoms with van der Waals surface area (Å²) in [5, 5.41) is -5.22. The summed E-state index contributed by atoms with van der Waals surface area (Å²) in [4.78, 5) is 23.0. The second kappa shape index (κ2) is 9.77. The quantitative estimate of drug-likeness (QED) is 0.129. The van der Waals surface area contributed by atoms with Crippen molar-refractivity contribution in [2.24, 2.45) is 22.7 Å². The largest absolute Gasteiger partial charge is 0.470 e. The van der Waals surface area contributed by atoms with Crippen molar-refractivity contribution in [2.75, 3.05) is 26.4 Å². The van der Waals surface area contributed by atoms with Crippen LogP contribution in [-0.2, 0) is 38.8 Å². The topological polar surface area (TPSA) is 105 Å². The van der Waals surface area contributed by atoms with Gasteiger partial charge >= 0.3 is 27.4 Å². The van der Waals surface area contributed by atoms with Crippen LogP contribution in [0, 0.1) is 22.7 Å². The normalized spacial score (nSPS) is 31.2. The van der Waals surface area contributed by atoms with Crippen molar-refractivity contribution in [3.63, 3.8) is 0 Å². The first-order valence-electron chi connectivity index (χ1n) is 11.2. The van der Waals surface area contributed by atoms with E-state index in [2.05, 4.69) is 11.3 Å². The van der Waals surface area contributed by atoms with Crippen LogP contribution in [0.3, 0.4) is 0 Å². The molecule has 0 radical (unpaired) electrons. The van der Waals surface area contributed by atoms with Gasteiger partial charge in [-0.3, -0.25) is 0 Å². The minimum Gasteiger partial charge on any atom is -0.460 e. The van der Waals surface area contributed by atoms with Crippen molar-refractivity contribution in [1.29, 1.82) is 0 Å². The molecule has 0 heterocycles. The number of carbonyl (C=O) groups is 2. The third kappa shape index (κ3) is 5.93. The predicted octanol–water partition coefficient (Wildman–Crippen LogP) is 3.51. The van der Waals surface area contributed by atoms with Gasteiger partial charge in [0.2, 0.25) is 0 Å². The van der Waals surface area contributed by atoms with Gasteiger partial charge in [-0.1, -0.05) is 10.5 Å². The summed E-state index contributed by atoms with van der Waals surface area (Å²) >= 11 is 0. The zero-order valence-electron chi connectivity index (χ0n) is 19.3. The van der Waals surface area contributed by atoms with Gasteiger partial charge in [0.1, 0.15) is 6.61 Å². The SMILES string of the molecule is C=C(C)C(=O)OCCOC(C)OCC12CC3CC(CC(COC(=O)C(F)(F)S(=O)(=O)F)(C3)C1)C2. The highest BCUT2D eigenvalue weighted by Gasteiger charge is 2.60. The fourth-order valence-electron chi connectivity index (χ4n) is 6.20. The minimum absolute atomic E-state index is 0.0579. The molecule has 3 unspecified atom stereocenters. The van der Waals surface area contributed by atoms with Crippen molar-refractivity contribution in [2.45, 2.75) is 63.9 Å². The summed E-state index contributed by atoms with van der Waals surface area (Å²) in [7, 11) is -6.40. The summed E-state index contributed by atoms with van der Waals surface area (Å²) in [6.45, 7) is 6.93. The molecule has 34 heavy (non-hydrogen) atoms. The molecule has 8 nitrogen and oxygen atoms in total. The van der Waals surface area contributed by atoms with Crippen LogP contribution in [0.5, 0.6) is 0 Å². The number of hydrogen-bond acceptors (Lipinski definition) is 8. The monoisotopic (exact) mass is 512 g/mol. The van der Waals surface area contributed by atoms with Crippen LogP contribution in [0.1, 0.15) is 52.4 Å². The van der Waals surface area contributed by atoms with Gasteiger partial charge in [-0.15, -0.1) is 0 Å². The molecule has 4 fully saturated rings. The Balaban J connectivity index is 1.54. The Hall–Kier alpha value is -1.66. The highest BCUT2D eigenvalue weighted by Crippen LogP contribution is 2.65. The molecule has 4 saturated carbocycles.